The number of benzene rings is 2. The molecule has 3 aromatic rings. The van der Waals surface area contributed by atoms with Crippen LogP contribution in [-0.4, -0.2) is 29.6 Å². The van der Waals surface area contributed by atoms with E-state index in [0.29, 0.717) is 6.07 Å². The number of methoxy groups -OCH3 is 1. The minimum absolute atomic E-state index is 0.0109. The second-order valence-electron chi connectivity index (χ2n) is 6.67. The van der Waals surface area contributed by atoms with Crippen molar-refractivity contribution in [3.05, 3.63) is 69.7 Å². The lowest BCUT2D eigenvalue weighted by atomic mass is 10.1. The summed E-state index contributed by atoms with van der Waals surface area (Å²) in [6.45, 7) is -3.77. The lowest BCUT2D eigenvalue weighted by molar-refractivity contribution is -0.386. The first-order chi connectivity index (χ1) is 16.2. The third-order valence-electron chi connectivity index (χ3n) is 4.46. The fourth-order valence-corrected chi connectivity index (χ4v) is 2.90. The van der Waals surface area contributed by atoms with Gasteiger partial charge in [-0.05, 0) is 18.2 Å². The summed E-state index contributed by atoms with van der Waals surface area (Å²) in [4.78, 5) is 26.5. The summed E-state index contributed by atoms with van der Waals surface area (Å²) in [6.07, 6.45) is 0.952. The van der Waals surface area contributed by atoms with Gasteiger partial charge in [0.2, 0.25) is 0 Å². The van der Waals surface area contributed by atoms with Crippen LogP contribution in [0.3, 0.4) is 0 Å². The van der Waals surface area contributed by atoms with Crippen LogP contribution in [0.5, 0.6) is 11.5 Å². The largest absolute Gasteiger partial charge is 0.493 e. The number of aryl methyl sites for hydroxylation is 1. The molecule has 1 aromatic heterocycles. The van der Waals surface area contributed by atoms with Crippen LogP contribution in [0.15, 0.2) is 40.9 Å². The van der Waals surface area contributed by atoms with Gasteiger partial charge in [-0.25, -0.2) is 13.8 Å². The van der Waals surface area contributed by atoms with Crippen molar-refractivity contribution >= 4 is 11.7 Å². The van der Waals surface area contributed by atoms with Gasteiger partial charge in [0.1, 0.15) is 18.2 Å². The molecule has 1 heterocycles. The number of ether oxygens (including phenoxy) is 3. The molecule has 0 unspecified atom stereocenters. The number of oxazole rings is 1. The van der Waals surface area contributed by atoms with Gasteiger partial charge in [-0.1, -0.05) is 0 Å². The number of halogens is 4. The van der Waals surface area contributed by atoms with Gasteiger partial charge in [0.05, 0.1) is 41.8 Å². The summed E-state index contributed by atoms with van der Waals surface area (Å²) in [5, 5.41) is 11.3. The van der Waals surface area contributed by atoms with Gasteiger partial charge >= 0.3 is 12.6 Å². The SMILES string of the molecule is COc1cc(COC(=O)CCc2ncc(-c3ccc(F)cc3F)o2)c([N+](=O)[O-])cc1OC(F)F. The number of nitro benzene ring substituents is 1. The molecule has 34 heavy (non-hydrogen) atoms. The van der Waals surface area contributed by atoms with Crippen molar-refractivity contribution in [2.24, 2.45) is 0 Å². The predicted molar refractivity (Wildman–Crippen MR) is 106 cm³/mol. The maximum Gasteiger partial charge on any atom is 0.387 e. The molecule has 0 aliphatic rings. The molecular formula is C21H16F4N2O7. The van der Waals surface area contributed by atoms with E-state index in [4.69, 9.17) is 13.9 Å². The predicted octanol–water partition coefficient (Wildman–Crippen LogP) is 4.81. The zero-order chi connectivity index (χ0) is 24.8. The number of esters is 1. The summed E-state index contributed by atoms with van der Waals surface area (Å²) < 4.78 is 71.4. The molecule has 0 bridgehead atoms. The minimum Gasteiger partial charge on any atom is -0.493 e. The van der Waals surface area contributed by atoms with Gasteiger partial charge in [0.25, 0.3) is 5.69 Å². The highest BCUT2D eigenvalue weighted by Crippen LogP contribution is 2.36. The molecule has 0 atom stereocenters. The van der Waals surface area contributed by atoms with E-state index >= 15 is 0 Å². The van der Waals surface area contributed by atoms with E-state index in [9.17, 15) is 32.5 Å². The Kier molecular flexibility index (Phi) is 7.66. The first kappa shape index (κ1) is 24.5. The average molecular weight is 484 g/mol. The van der Waals surface area contributed by atoms with Crippen LogP contribution >= 0.6 is 0 Å². The number of aromatic nitrogens is 1. The van der Waals surface area contributed by atoms with Gasteiger partial charge in [-0.15, -0.1) is 0 Å². The summed E-state index contributed by atoms with van der Waals surface area (Å²) in [6, 6.07) is 4.73. The summed E-state index contributed by atoms with van der Waals surface area (Å²) in [5.41, 5.74) is -0.729. The molecule has 0 radical (unpaired) electrons. The summed E-state index contributed by atoms with van der Waals surface area (Å²) >= 11 is 0. The maximum absolute atomic E-state index is 13.8. The molecule has 0 N–H and O–H groups in total. The Morgan fingerprint density at radius 3 is 2.62 bits per heavy atom. The van der Waals surface area contributed by atoms with Crippen molar-refractivity contribution in [1.82, 2.24) is 4.98 Å². The number of hydrogen-bond acceptors (Lipinski definition) is 8. The number of nitrogens with zero attached hydrogens (tertiary/aromatic N) is 2. The van der Waals surface area contributed by atoms with Crippen molar-refractivity contribution < 1.29 is 45.9 Å². The zero-order valence-corrected chi connectivity index (χ0v) is 17.4. The lowest BCUT2D eigenvalue weighted by Crippen LogP contribution is -2.09. The average Bonchev–Trinajstić information content (AvgIpc) is 3.24. The molecule has 0 aliphatic heterocycles. The van der Waals surface area contributed by atoms with E-state index in [-0.39, 0.29) is 41.4 Å². The highest BCUT2D eigenvalue weighted by atomic mass is 19.3. The van der Waals surface area contributed by atoms with Gasteiger partial charge < -0.3 is 18.6 Å². The number of hydrogen-bond donors (Lipinski definition) is 0. The topological polar surface area (TPSA) is 114 Å². The summed E-state index contributed by atoms with van der Waals surface area (Å²) in [7, 11) is 1.15. The number of carbonyl (C=O) groups is 1. The smallest absolute Gasteiger partial charge is 0.387 e. The Morgan fingerprint density at radius 2 is 1.97 bits per heavy atom. The first-order valence-electron chi connectivity index (χ1n) is 9.53. The molecule has 180 valence electrons. The second-order valence-corrected chi connectivity index (χ2v) is 6.67. The molecule has 0 saturated heterocycles. The molecule has 9 nitrogen and oxygen atoms in total. The fraction of sp³-hybridized carbons (Fsp3) is 0.238. The van der Waals surface area contributed by atoms with Gasteiger partial charge in [-0.3, -0.25) is 14.9 Å². The maximum atomic E-state index is 13.8. The highest BCUT2D eigenvalue weighted by Gasteiger charge is 2.23. The van der Waals surface area contributed by atoms with E-state index in [1.807, 2.05) is 0 Å². The third kappa shape index (κ3) is 5.99. The Balaban J connectivity index is 1.63. The molecule has 3 rings (SSSR count). The Hall–Kier alpha value is -4.16. The van der Waals surface area contributed by atoms with E-state index in [0.717, 1.165) is 25.3 Å². The minimum atomic E-state index is -3.23. The van der Waals surface area contributed by atoms with E-state index < -0.39 is 47.2 Å². The molecule has 0 spiro atoms. The van der Waals surface area contributed by atoms with Crippen LogP contribution in [-0.2, 0) is 22.6 Å². The molecule has 0 fully saturated rings. The molecule has 0 amide bonds. The number of rotatable bonds is 10. The van der Waals surface area contributed by atoms with Crippen LogP contribution in [0.4, 0.5) is 23.2 Å². The van der Waals surface area contributed by atoms with Crippen LogP contribution < -0.4 is 9.47 Å². The molecule has 2 aromatic carbocycles. The van der Waals surface area contributed by atoms with Crippen molar-refractivity contribution in [3.63, 3.8) is 0 Å². The zero-order valence-electron chi connectivity index (χ0n) is 17.4. The third-order valence-corrected chi connectivity index (χ3v) is 4.46. The van der Waals surface area contributed by atoms with E-state index in [1.54, 1.807) is 0 Å². The van der Waals surface area contributed by atoms with Crippen LogP contribution in [0.2, 0.25) is 0 Å². The van der Waals surface area contributed by atoms with Crippen LogP contribution in [0, 0.1) is 21.7 Å². The molecular weight excluding hydrogens is 468 g/mol. The number of carbonyl (C=O) groups excluding carboxylic acids is 1. The second kappa shape index (κ2) is 10.6. The molecule has 0 saturated carbocycles. The van der Waals surface area contributed by atoms with Gasteiger partial charge in [0.15, 0.2) is 23.1 Å². The Labute approximate surface area is 189 Å². The molecule has 0 aliphatic carbocycles. The number of nitro groups is 1. The first-order valence-corrected chi connectivity index (χ1v) is 9.53. The normalized spacial score (nSPS) is 10.9. The Morgan fingerprint density at radius 1 is 1.21 bits per heavy atom. The van der Waals surface area contributed by atoms with E-state index in [2.05, 4.69) is 9.72 Å². The van der Waals surface area contributed by atoms with Crippen LogP contribution in [0.25, 0.3) is 11.3 Å². The quantitative estimate of drug-likeness (QED) is 0.174. The standard InChI is InChI=1S/C21H16F4N2O7/c1-31-16-6-11(15(27(29)30)8-17(16)34-21(24)25)10-32-20(28)5-4-19-26-9-18(33-19)13-3-2-12(22)7-14(13)23/h2-3,6-9,21H,4-5,10H2,1H3. The van der Waals surface area contributed by atoms with Crippen molar-refractivity contribution in [2.75, 3.05) is 7.11 Å². The fourth-order valence-electron chi connectivity index (χ4n) is 2.90. The van der Waals surface area contributed by atoms with E-state index in [1.165, 1.54) is 12.3 Å². The Bertz CT molecular complexity index is 1200. The number of alkyl halides is 2. The lowest BCUT2D eigenvalue weighted by Gasteiger charge is -2.12. The van der Waals surface area contributed by atoms with Crippen molar-refractivity contribution in [1.29, 1.82) is 0 Å². The monoisotopic (exact) mass is 484 g/mol. The molecule has 13 heteroatoms. The van der Waals surface area contributed by atoms with Gasteiger partial charge in [-0.2, -0.15) is 8.78 Å². The van der Waals surface area contributed by atoms with Crippen molar-refractivity contribution in [3.8, 4) is 22.8 Å². The summed E-state index contributed by atoms with van der Waals surface area (Å²) in [5.74, 6) is -3.00. The van der Waals surface area contributed by atoms with Crippen LogP contribution in [0.1, 0.15) is 17.9 Å². The van der Waals surface area contributed by atoms with Crippen molar-refractivity contribution in [2.45, 2.75) is 26.1 Å². The van der Waals surface area contributed by atoms with Gasteiger partial charge in [0, 0.05) is 12.5 Å². The highest BCUT2D eigenvalue weighted by molar-refractivity contribution is 5.70.